The summed E-state index contributed by atoms with van der Waals surface area (Å²) in [5, 5.41) is 17.0. The van der Waals surface area contributed by atoms with E-state index in [4.69, 9.17) is 4.74 Å². The summed E-state index contributed by atoms with van der Waals surface area (Å²) in [5.74, 6) is -1.29. The largest absolute Gasteiger partial charge is 0.485 e. The number of benzene rings is 3. The van der Waals surface area contributed by atoms with Crippen molar-refractivity contribution in [3.63, 3.8) is 0 Å². The summed E-state index contributed by atoms with van der Waals surface area (Å²) in [6, 6.07) is 15.7. The zero-order chi connectivity index (χ0) is 30.3. The van der Waals surface area contributed by atoms with Crippen LogP contribution in [-0.4, -0.2) is 41.6 Å². The maximum Gasteiger partial charge on any atom is 0.220 e. The number of ether oxygens (including phenoxy) is 1. The van der Waals surface area contributed by atoms with Crippen molar-refractivity contribution < 1.29 is 28.2 Å². The maximum atomic E-state index is 13.9. The Hall–Kier alpha value is -4.14. The number of allylic oxidation sites excluding steroid dienone is 2. The Morgan fingerprint density at radius 2 is 1.70 bits per heavy atom. The van der Waals surface area contributed by atoms with E-state index < -0.39 is 29.7 Å². The number of hydrogen-bond acceptors (Lipinski definition) is 5. The topological polar surface area (TPSA) is 87.7 Å². The number of aliphatic hydroxyl groups is 1. The number of Topliss-reactive ketones (excluding diaryl/α,β-unsaturated/α-hetero) is 1. The Balaban J connectivity index is 1.20. The minimum Gasteiger partial charge on any atom is -0.485 e. The summed E-state index contributed by atoms with van der Waals surface area (Å²) in [7, 11) is 0. The molecule has 3 N–H and O–H groups in total. The first-order chi connectivity index (χ1) is 20.8. The van der Waals surface area contributed by atoms with Crippen LogP contribution in [-0.2, 0) is 24.2 Å². The molecule has 1 aliphatic carbocycles. The van der Waals surface area contributed by atoms with Crippen LogP contribution >= 0.6 is 0 Å². The third kappa shape index (κ3) is 7.83. The molecule has 6 nitrogen and oxygen atoms in total. The van der Waals surface area contributed by atoms with E-state index >= 15 is 0 Å². The second-order valence-corrected chi connectivity index (χ2v) is 11.1. The monoisotopic (exact) mass is 586 g/mol. The molecule has 4 atom stereocenters. The van der Waals surface area contributed by atoms with Crippen LogP contribution in [0.2, 0.25) is 0 Å². The van der Waals surface area contributed by atoms with Crippen LogP contribution in [0.15, 0.2) is 85.0 Å². The Labute approximate surface area is 250 Å². The highest BCUT2D eigenvalue weighted by atomic mass is 19.1. The van der Waals surface area contributed by atoms with Gasteiger partial charge in [-0.05, 0) is 65.9 Å². The van der Waals surface area contributed by atoms with Gasteiger partial charge in [-0.3, -0.25) is 9.59 Å². The number of carbonyl (C=O) groups excluding carboxylic acids is 2. The van der Waals surface area contributed by atoms with Crippen molar-refractivity contribution in [3.05, 3.63) is 124 Å². The van der Waals surface area contributed by atoms with Gasteiger partial charge in [0.1, 0.15) is 23.5 Å². The Morgan fingerprint density at radius 3 is 2.49 bits per heavy atom. The van der Waals surface area contributed by atoms with E-state index in [0.717, 1.165) is 29.4 Å². The summed E-state index contributed by atoms with van der Waals surface area (Å²) < 4.78 is 33.7. The molecule has 0 radical (unpaired) electrons. The molecule has 3 aromatic carbocycles. The van der Waals surface area contributed by atoms with Crippen LogP contribution in [0, 0.1) is 11.6 Å². The van der Waals surface area contributed by atoms with Crippen LogP contribution in [0.5, 0.6) is 5.75 Å². The van der Waals surface area contributed by atoms with Gasteiger partial charge in [0.2, 0.25) is 5.91 Å². The van der Waals surface area contributed by atoms with Crippen LogP contribution in [0.3, 0.4) is 0 Å². The predicted octanol–water partition coefficient (Wildman–Crippen LogP) is 5.34. The molecule has 1 heterocycles. The standard InChI is InChI=1S/C35H36F2N2O4/c1-2-22-6-5-7-23(14-22)20-38-21-32(41)30(17-24-15-26(36)19-27(37)16-24)39-35(42)13-11-31(40)25-10-12-34-29(18-25)28-8-3-4-9-33(28)43-34/h3-10,12,14-16,18-19,28,30,32-33,38,41H,2,11,13,17,20-21H2,1H3,(H,39,42)/t28?,30-,32-,33?/m1/s1. The molecule has 2 unspecified atom stereocenters. The summed E-state index contributed by atoms with van der Waals surface area (Å²) in [4.78, 5) is 26.0. The number of rotatable bonds is 13. The number of carbonyl (C=O) groups is 2. The third-order valence-electron chi connectivity index (χ3n) is 7.89. The van der Waals surface area contributed by atoms with Gasteiger partial charge in [0.05, 0.1) is 12.1 Å². The van der Waals surface area contributed by atoms with E-state index in [9.17, 15) is 23.5 Å². The highest BCUT2D eigenvalue weighted by molar-refractivity contribution is 5.98. The molecule has 224 valence electrons. The molecular formula is C35H36F2N2O4. The van der Waals surface area contributed by atoms with Gasteiger partial charge < -0.3 is 20.5 Å². The fourth-order valence-electron chi connectivity index (χ4n) is 5.60. The quantitative estimate of drug-likeness (QED) is 0.236. The van der Waals surface area contributed by atoms with Crippen molar-refractivity contribution >= 4 is 11.7 Å². The molecule has 1 amide bonds. The van der Waals surface area contributed by atoms with Gasteiger partial charge in [0.15, 0.2) is 5.78 Å². The van der Waals surface area contributed by atoms with E-state index in [0.29, 0.717) is 17.7 Å². The number of hydrogen-bond donors (Lipinski definition) is 3. The first-order valence-electron chi connectivity index (χ1n) is 14.7. The highest BCUT2D eigenvalue weighted by Gasteiger charge is 2.32. The molecule has 0 bridgehead atoms. The zero-order valence-electron chi connectivity index (χ0n) is 24.1. The fourth-order valence-corrected chi connectivity index (χ4v) is 5.60. The lowest BCUT2D eigenvalue weighted by Gasteiger charge is -2.25. The maximum absolute atomic E-state index is 13.9. The van der Waals surface area contributed by atoms with Crippen molar-refractivity contribution in [3.8, 4) is 5.75 Å². The van der Waals surface area contributed by atoms with E-state index in [1.807, 2.05) is 48.6 Å². The van der Waals surface area contributed by atoms with Gasteiger partial charge in [0.25, 0.3) is 0 Å². The average Bonchev–Trinajstić information content (AvgIpc) is 3.37. The van der Waals surface area contributed by atoms with Gasteiger partial charge >= 0.3 is 0 Å². The Kier molecular flexibility index (Phi) is 9.79. The molecule has 0 saturated carbocycles. The van der Waals surface area contributed by atoms with Crippen LogP contribution in [0.1, 0.15) is 58.3 Å². The smallest absolute Gasteiger partial charge is 0.220 e. The van der Waals surface area contributed by atoms with E-state index in [2.05, 4.69) is 23.6 Å². The van der Waals surface area contributed by atoms with Gasteiger partial charge in [-0.2, -0.15) is 0 Å². The molecule has 5 rings (SSSR count). The number of aliphatic hydroxyl groups excluding tert-OH is 1. The van der Waals surface area contributed by atoms with Gasteiger partial charge in [-0.25, -0.2) is 8.78 Å². The van der Waals surface area contributed by atoms with Crippen LogP contribution in [0.4, 0.5) is 8.78 Å². The first-order valence-corrected chi connectivity index (χ1v) is 14.7. The number of amides is 1. The number of nitrogens with one attached hydrogen (secondary N) is 2. The molecule has 0 saturated heterocycles. The minimum absolute atomic E-state index is 0.0118. The van der Waals surface area contributed by atoms with Crippen molar-refractivity contribution in [1.82, 2.24) is 10.6 Å². The van der Waals surface area contributed by atoms with Crippen molar-refractivity contribution in [2.75, 3.05) is 6.54 Å². The molecular weight excluding hydrogens is 550 g/mol. The third-order valence-corrected chi connectivity index (χ3v) is 7.89. The lowest BCUT2D eigenvalue weighted by atomic mass is 9.90. The average molecular weight is 587 g/mol. The Bertz CT molecular complexity index is 1520. The molecule has 2 aliphatic rings. The zero-order valence-corrected chi connectivity index (χ0v) is 24.1. The van der Waals surface area contributed by atoms with E-state index in [-0.39, 0.29) is 43.6 Å². The van der Waals surface area contributed by atoms with Crippen LogP contribution in [0.25, 0.3) is 0 Å². The summed E-state index contributed by atoms with van der Waals surface area (Å²) in [6.45, 7) is 2.73. The van der Waals surface area contributed by atoms with Crippen molar-refractivity contribution in [2.24, 2.45) is 0 Å². The lowest BCUT2D eigenvalue weighted by Crippen LogP contribution is -2.48. The van der Waals surface area contributed by atoms with Gasteiger partial charge in [-0.15, -0.1) is 0 Å². The fraction of sp³-hybridized carbons (Fsp3) is 0.314. The summed E-state index contributed by atoms with van der Waals surface area (Å²) in [6.07, 6.45) is 7.59. The number of fused-ring (bicyclic) bond motifs is 3. The number of halogens is 2. The molecule has 0 fully saturated rings. The SMILES string of the molecule is CCc1cccc(CNC[C@@H](O)[C@@H](Cc2cc(F)cc(F)c2)NC(=O)CCC(=O)c2ccc3c(c2)C2C=CC=CC2O3)c1. The molecule has 0 spiro atoms. The first kappa shape index (κ1) is 30.3. The predicted molar refractivity (Wildman–Crippen MR) is 161 cm³/mol. The number of ketones is 1. The van der Waals surface area contributed by atoms with Crippen LogP contribution < -0.4 is 15.4 Å². The highest BCUT2D eigenvalue weighted by Crippen LogP contribution is 2.41. The van der Waals surface area contributed by atoms with Gasteiger partial charge in [0, 0.05) is 49.0 Å². The second-order valence-electron chi connectivity index (χ2n) is 11.1. The van der Waals surface area contributed by atoms with Crippen molar-refractivity contribution in [1.29, 1.82) is 0 Å². The van der Waals surface area contributed by atoms with E-state index in [1.54, 1.807) is 12.1 Å². The van der Waals surface area contributed by atoms with Gasteiger partial charge in [-0.1, -0.05) is 49.4 Å². The molecule has 3 aromatic rings. The summed E-state index contributed by atoms with van der Waals surface area (Å²) >= 11 is 0. The Morgan fingerprint density at radius 1 is 0.930 bits per heavy atom. The number of aryl methyl sites for hydroxylation is 1. The molecule has 43 heavy (non-hydrogen) atoms. The lowest BCUT2D eigenvalue weighted by molar-refractivity contribution is -0.122. The van der Waals surface area contributed by atoms with E-state index in [1.165, 1.54) is 17.7 Å². The normalized spacial score (nSPS) is 18.0. The van der Waals surface area contributed by atoms with Crippen molar-refractivity contribution in [2.45, 2.75) is 63.3 Å². The summed E-state index contributed by atoms with van der Waals surface area (Å²) in [5.41, 5.74) is 4.01. The second kappa shape index (κ2) is 13.9. The molecule has 0 aromatic heterocycles. The molecule has 1 aliphatic heterocycles. The molecule has 8 heteroatoms. The minimum atomic E-state index is -1.05.